The number of anilines is 1. The second kappa shape index (κ2) is 6.86. The molecule has 0 aliphatic rings. The second-order valence-corrected chi connectivity index (χ2v) is 6.71. The van der Waals surface area contributed by atoms with Gasteiger partial charge in [0, 0.05) is 31.4 Å². The first-order chi connectivity index (χ1) is 9.75. The van der Waals surface area contributed by atoms with Gasteiger partial charge in [-0.1, -0.05) is 6.92 Å². The molecule has 0 saturated heterocycles. The van der Waals surface area contributed by atoms with Crippen LogP contribution in [0, 0.1) is 10.1 Å². The Morgan fingerprint density at radius 3 is 2.48 bits per heavy atom. The maximum Gasteiger partial charge on any atom is 0.289 e. The average molecular weight is 315 g/mol. The summed E-state index contributed by atoms with van der Waals surface area (Å²) in [6.07, 6.45) is 0.621. The predicted octanol–water partition coefficient (Wildman–Crippen LogP) is 2.45. The fourth-order valence-corrected chi connectivity index (χ4v) is 3.45. The van der Waals surface area contributed by atoms with Crippen molar-refractivity contribution in [2.75, 3.05) is 18.9 Å². The smallest absolute Gasteiger partial charge is 0.289 e. The first-order valence-corrected chi connectivity index (χ1v) is 8.20. The van der Waals surface area contributed by atoms with E-state index in [1.165, 1.54) is 29.6 Å². The second-order valence-electron chi connectivity index (χ2n) is 4.75. The van der Waals surface area contributed by atoms with Gasteiger partial charge in [-0.3, -0.25) is 10.1 Å². The molecule has 7 nitrogen and oxygen atoms in total. The van der Waals surface area contributed by atoms with E-state index in [1.54, 1.807) is 6.92 Å². The Kier molecular flexibility index (Phi) is 5.68. The summed E-state index contributed by atoms with van der Waals surface area (Å²) < 4.78 is 26.4. The molecule has 0 fully saturated rings. The van der Waals surface area contributed by atoms with E-state index in [4.69, 9.17) is 0 Å². The molecule has 0 aliphatic heterocycles. The molecule has 0 saturated carbocycles. The van der Waals surface area contributed by atoms with Crippen LogP contribution in [0.15, 0.2) is 23.1 Å². The Hall–Kier alpha value is -1.67. The molecule has 8 heteroatoms. The van der Waals surface area contributed by atoms with Crippen LogP contribution in [0.2, 0.25) is 0 Å². The minimum absolute atomic E-state index is 0.239. The molecule has 0 radical (unpaired) electrons. The van der Waals surface area contributed by atoms with E-state index in [9.17, 15) is 18.5 Å². The maximum atomic E-state index is 12.6. The van der Waals surface area contributed by atoms with E-state index in [-0.39, 0.29) is 10.9 Å². The lowest BCUT2D eigenvalue weighted by molar-refractivity contribution is -0.387. The van der Waals surface area contributed by atoms with Crippen molar-refractivity contribution < 1.29 is 13.3 Å². The molecule has 1 rings (SSSR count). The van der Waals surface area contributed by atoms with Crippen LogP contribution in [0.5, 0.6) is 0 Å². The first kappa shape index (κ1) is 17.4. The Balaban J connectivity index is 3.43. The molecule has 1 unspecified atom stereocenters. The number of hydrogen-bond acceptors (Lipinski definition) is 5. The number of benzene rings is 1. The van der Waals surface area contributed by atoms with Crippen molar-refractivity contribution in [3.63, 3.8) is 0 Å². The van der Waals surface area contributed by atoms with Crippen molar-refractivity contribution >= 4 is 21.4 Å². The van der Waals surface area contributed by atoms with Gasteiger partial charge in [0.15, 0.2) is 4.90 Å². The molecule has 21 heavy (non-hydrogen) atoms. The Labute approximate surface area is 125 Å². The summed E-state index contributed by atoms with van der Waals surface area (Å²) in [6, 6.07) is 3.80. The molecule has 0 amide bonds. The van der Waals surface area contributed by atoms with Crippen molar-refractivity contribution in [2.45, 2.75) is 38.1 Å². The van der Waals surface area contributed by atoms with Crippen LogP contribution in [0.1, 0.15) is 27.2 Å². The average Bonchev–Trinajstić information content (AvgIpc) is 2.45. The van der Waals surface area contributed by atoms with E-state index in [0.29, 0.717) is 18.7 Å². The molecule has 0 heterocycles. The topological polar surface area (TPSA) is 92.5 Å². The number of hydrogen-bond donors (Lipinski definition) is 1. The molecule has 0 spiro atoms. The van der Waals surface area contributed by atoms with Crippen molar-refractivity contribution in [1.29, 1.82) is 0 Å². The van der Waals surface area contributed by atoms with E-state index in [0.717, 1.165) is 0 Å². The third-order valence-electron chi connectivity index (χ3n) is 3.41. The molecule has 0 aromatic heterocycles. The van der Waals surface area contributed by atoms with Crippen LogP contribution < -0.4 is 5.32 Å². The van der Waals surface area contributed by atoms with Gasteiger partial charge >= 0.3 is 0 Å². The van der Waals surface area contributed by atoms with Gasteiger partial charge < -0.3 is 5.32 Å². The quantitative estimate of drug-likeness (QED) is 0.616. The van der Waals surface area contributed by atoms with Crippen LogP contribution in [-0.4, -0.2) is 37.3 Å². The number of sulfonamides is 1. The molecular formula is C13H21N3O4S. The normalized spacial score (nSPS) is 13.2. The van der Waals surface area contributed by atoms with Gasteiger partial charge in [-0.25, -0.2) is 8.42 Å². The summed E-state index contributed by atoms with van der Waals surface area (Å²) in [5, 5.41) is 14.1. The van der Waals surface area contributed by atoms with Gasteiger partial charge in [-0.2, -0.15) is 4.31 Å². The summed E-state index contributed by atoms with van der Waals surface area (Å²) in [5.74, 6) is 0. The van der Waals surface area contributed by atoms with E-state index < -0.39 is 20.6 Å². The van der Waals surface area contributed by atoms with Gasteiger partial charge in [0.2, 0.25) is 10.0 Å². The highest BCUT2D eigenvalue weighted by atomic mass is 32.2. The van der Waals surface area contributed by atoms with Crippen molar-refractivity contribution in [2.24, 2.45) is 0 Å². The van der Waals surface area contributed by atoms with E-state index in [2.05, 4.69) is 5.32 Å². The third-order valence-corrected chi connectivity index (χ3v) is 5.41. The zero-order valence-corrected chi connectivity index (χ0v) is 13.5. The number of nitro benzene ring substituents is 1. The minimum atomic E-state index is -3.92. The molecule has 1 aromatic rings. The first-order valence-electron chi connectivity index (χ1n) is 6.76. The van der Waals surface area contributed by atoms with Crippen LogP contribution in [0.3, 0.4) is 0 Å². The number of nitrogens with zero attached hydrogens (tertiary/aromatic N) is 2. The van der Waals surface area contributed by atoms with Gasteiger partial charge in [-0.15, -0.1) is 0 Å². The van der Waals surface area contributed by atoms with Gasteiger partial charge in [0.05, 0.1) is 4.92 Å². The highest BCUT2D eigenvalue weighted by Crippen LogP contribution is 2.30. The Bertz CT molecular complexity index is 616. The van der Waals surface area contributed by atoms with Gasteiger partial charge in [0.1, 0.15) is 0 Å². The summed E-state index contributed by atoms with van der Waals surface area (Å²) in [6.45, 7) is 6.08. The van der Waals surface area contributed by atoms with Crippen LogP contribution in [-0.2, 0) is 10.0 Å². The van der Waals surface area contributed by atoms with Gasteiger partial charge in [-0.05, 0) is 32.4 Å². The Morgan fingerprint density at radius 2 is 2.00 bits per heavy atom. The molecule has 118 valence electrons. The zero-order valence-electron chi connectivity index (χ0n) is 12.7. The van der Waals surface area contributed by atoms with E-state index in [1.807, 2.05) is 13.8 Å². The number of nitro groups is 1. The molecule has 0 bridgehead atoms. The SMILES string of the molecule is CCNc1ccc([N+](=O)[O-])c(S(=O)(=O)N(C)C(C)CC)c1. The number of nitrogens with one attached hydrogen (secondary N) is 1. The minimum Gasteiger partial charge on any atom is -0.385 e. The fourth-order valence-electron chi connectivity index (χ4n) is 1.83. The zero-order chi connectivity index (χ0) is 16.2. The Morgan fingerprint density at radius 1 is 1.38 bits per heavy atom. The van der Waals surface area contributed by atoms with Gasteiger partial charge in [0.25, 0.3) is 5.69 Å². The standard InChI is InChI=1S/C13H21N3O4S/c1-5-10(3)15(4)21(19,20)13-9-11(14-6-2)7-8-12(13)16(17)18/h7-10,14H,5-6H2,1-4H3. The summed E-state index contributed by atoms with van der Waals surface area (Å²) in [7, 11) is -2.48. The predicted molar refractivity (Wildman–Crippen MR) is 82.0 cm³/mol. The van der Waals surface area contributed by atoms with Crippen LogP contribution in [0.25, 0.3) is 0 Å². The summed E-state index contributed by atoms with van der Waals surface area (Å²) >= 11 is 0. The lowest BCUT2D eigenvalue weighted by Gasteiger charge is -2.23. The van der Waals surface area contributed by atoms with E-state index >= 15 is 0 Å². The molecule has 0 aliphatic carbocycles. The monoisotopic (exact) mass is 315 g/mol. The summed E-state index contributed by atoms with van der Waals surface area (Å²) in [5.41, 5.74) is 0.131. The van der Waals surface area contributed by atoms with Crippen LogP contribution >= 0.6 is 0 Å². The summed E-state index contributed by atoms with van der Waals surface area (Å²) in [4.78, 5) is 10.1. The van der Waals surface area contributed by atoms with Crippen molar-refractivity contribution in [3.05, 3.63) is 28.3 Å². The maximum absolute atomic E-state index is 12.6. The highest BCUT2D eigenvalue weighted by molar-refractivity contribution is 7.89. The molecule has 1 N–H and O–H groups in total. The molecular weight excluding hydrogens is 294 g/mol. The molecule has 1 aromatic carbocycles. The lowest BCUT2D eigenvalue weighted by atomic mass is 10.3. The van der Waals surface area contributed by atoms with Crippen molar-refractivity contribution in [3.8, 4) is 0 Å². The lowest BCUT2D eigenvalue weighted by Crippen LogP contribution is -2.35. The van der Waals surface area contributed by atoms with Crippen LogP contribution in [0.4, 0.5) is 11.4 Å². The highest BCUT2D eigenvalue weighted by Gasteiger charge is 2.31. The fraction of sp³-hybridized carbons (Fsp3) is 0.538. The third kappa shape index (κ3) is 3.70. The number of rotatable bonds is 7. The van der Waals surface area contributed by atoms with Crippen molar-refractivity contribution in [1.82, 2.24) is 4.31 Å². The molecule has 1 atom stereocenters. The largest absolute Gasteiger partial charge is 0.385 e.